The van der Waals surface area contributed by atoms with E-state index in [0.717, 1.165) is 35.1 Å². The number of benzene rings is 2. The highest BCUT2D eigenvalue weighted by Gasteiger charge is 2.12. The first-order valence-corrected chi connectivity index (χ1v) is 6.43. The molecule has 0 unspecified atom stereocenters. The zero-order valence-electron chi connectivity index (χ0n) is 11.1. The third kappa shape index (κ3) is 2.50. The predicted octanol–water partition coefficient (Wildman–Crippen LogP) is 3.60. The Bertz CT molecular complexity index is 578. The maximum Gasteiger partial charge on any atom is 0.158 e. The molecule has 0 radical (unpaired) electrons. The molecule has 0 saturated heterocycles. The van der Waals surface area contributed by atoms with Crippen molar-refractivity contribution in [1.29, 1.82) is 0 Å². The molecule has 0 heterocycles. The Kier molecular flexibility index (Phi) is 3.65. The summed E-state index contributed by atoms with van der Waals surface area (Å²) in [5.74, 6) is 0.00811. The van der Waals surface area contributed by atoms with Crippen molar-refractivity contribution >= 4 is 0 Å². The van der Waals surface area contributed by atoms with Crippen molar-refractivity contribution < 1.29 is 15.3 Å². The van der Waals surface area contributed by atoms with Gasteiger partial charge in [-0.05, 0) is 59.4 Å². The standard InChI is InChI=1S/C16H18O3/c1-3-10-7-13(17)8-11(4-2)16(10)12-5-6-14(18)15(19)9-12/h5-9,17-19H,3-4H2,1-2H3. The summed E-state index contributed by atoms with van der Waals surface area (Å²) in [4.78, 5) is 0. The van der Waals surface area contributed by atoms with Crippen LogP contribution in [0.5, 0.6) is 17.2 Å². The monoisotopic (exact) mass is 258 g/mol. The third-order valence-electron chi connectivity index (χ3n) is 3.31. The van der Waals surface area contributed by atoms with Crippen LogP contribution in [0.25, 0.3) is 11.1 Å². The van der Waals surface area contributed by atoms with Gasteiger partial charge in [-0.2, -0.15) is 0 Å². The first-order valence-electron chi connectivity index (χ1n) is 6.43. The highest BCUT2D eigenvalue weighted by Crippen LogP contribution is 2.36. The van der Waals surface area contributed by atoms with Crippen LogP contribution in [0, 0.1) is 0 Å². The second-order valence-corrected chi connectivity index (χ2v) is 4.55. The van der Waals surface area contributed by atoms with E-state index in [1.165, 1.54) is 6.07 Å². The SMILES string of the molecule is CCc1cc(O)cc(CC)c1-c1ccc(O)c(O)c1. The molecular formula is C16H18O3. The van der Waals surface area contributed by atoms with Crippen molar-refractivity contribution in [2.24, 2.45) is 0 Å². The summed E-state index contributed by atoms with van der Waals surface area (Å²) < 4.78 is 0. The lowest BCUT2D eigenvalue weighted by Crippen LogP contribution is -1.94. The molecule has 0 atom stereocenters. The van der Waals surface area contributed by atoms with Crippen LogP contribution in [0.4, 0.5) is 0 Å². The van der Waals surface area contributed by atoms with E-state index in [1.54, 1.807) is 24.3 Å². The Hall–Kier alpha value is -2.16. The van der Waals surface area contributed by atoms with Gasteiger partial charge in [-0.15, -0.1) is 0 Å². The minimum absolute atomic E-state index is 0.126. The lowest BCUT2D eigenvalue weighted by Gasteiger charge is -2.15. The molecule has 3 N–H and O–H groups in total. The Labute approximate surface area is 112 Å². The average molecular weight is 258 g/mol. The van der Waals surface area contributed by atoms with Crippen LogP contribution in [-0.2, 0) is 12.8 Å². The second-order valence-electron chi connectivity index (χ2n) is 4.55. The van der Waals surface area contributed by atoms with Gasteiger partial charge in [0.2, 0.25) is 0 Å². The zero-order chi connectivity index (χ0) is 14.0. The van der Waals surface area contributed by atoms with Gasteiger partial charge in [0.1, 0.15) is 5.75 Å². The van der Waals surface area contributed by atoms with Crippen molar-refractivity contribution in [3.8, 4) is 28.4 Å². The second kappa shape index (κ2) is 5.22. The number of phenols is 3. The van der Waals surface area contributed by atoms with E-state index in [9.17, 15) is 15.3 Å². The number of aromatic hydroxyl groups is 3. The molecule has 0 amide bonds. The number of rotatable bonds is 3. The molecule has 0 aliphatic heterocycles. The van der Waals surface area contributed by atoms with Gasteiger partial charge in [-0.3, -0.25) is 0 Å². The Morgan fingerprint density at radius 1 is 0.789 bits per heavy atom. The van der Waals surface area contributed by atoms with Crippen molar-refractivity contribution in [1.82, 2.24) is 0 Å². The van der Waals surface area contributed by atoms with Crippen LogP contribution >= 0.6 is 0 Å². The maximum atomic E-state index is 9.74. The summed E-state index contributed by atoms with van der Waals surface area (Å²) in [6, 6.07) is 8.31. The summed E-state index contributed by atoms with van der Waals surface area (Å²) in [5.41, 5.74) is 3.94. The number of hydrogen-bond acceptors (Lipinski definition) is 3. The number of aryl methyl sites for hydroxylation is 2. The molecule has 0 aliphatic rings. The van der Waals surface area contributed by atoms with E-state index in [2.05, 4.69) is 0 Å². The van der Waals surface area contributed by atoms with Gasteiger partial charge >= 0.3 is 0 Å². The van der Waals surface area contributed by atoms with Gasteiger partial charge in [-0.1, -0.05) is 19.9 Å². The molecule has 2 rings (SSSR count). The van der Waals surface area contributed by atoms with Crippen LogP contribution in [0.1, 0.15) is 25.0 Å². The largest absolute Gasteiger partial charge is 0.508 e. The summed E-state index contributed by atoms with van der Waals surface area (Å²) in [5, 5.41) is 28.8. The van der Waals surface area contributed by atoms with Crippen LogP contribution in [0.15, 0.2) is 30.3 Å². The molecule has 0 spiro atoms. The molecule has 0 fully saturated rings. The van der Waals surface area contributed by atoms with Crippen LogP contribution < -0.4 is 0 Å². The number of hydrogen-bond donors (Lipinski definition) is 3. The van der Waals surface area contributed by atoms with E-state index in [-0.39, 0.29) is 17.2 Å². The van der Waals surface area contributed by atoms with E-state index in [0.29, 0.717) is 0 Å². The summed E-state index contributed by atoms with van der Waals surface area (Å²) in [6.07, 6.45) is 1.58. The van der Waals surface area contributed by atoms with Gasteiger partial charge in [0.15, 0.2) is 11.5 Å². The summed E-state index contributed by atoms with van der Waals surface area (Å²) in [6.45, 7) is 4.05. The quantitative estimate of drug-likeness (QED) is 0.737. The minimum atomic E-state index is -0.130. The van der Waals surface area contributed by atoms with E-state index < -0.39 is 0 Å². The topological polar surface area (TPSA) is 60.7 Å². The van der Waals surface area contributed by atoms with Gasteiger partial charge in [0, 0.05) is 0 Å². The fraction of sp³-hybridized carbons (Fsp3) is 0.250. The molecule has 3 nitrogen and oxygen atoms in total. The maximum absolute atomic E-state index is 9.74. The smallest absolute Gasteiger partial charge is 0.158 e. The van der Waals surface area contributed by atoms with Crippen LogP contribution in [-0.4, -0.2) is 15.3 Å². The molecule has 0 aromatic heterocycles. The fourth-order valence-corrected chi connectivity index (χ4v) is 2.36. The van der Waals surface area contributed by atoms with Gasteiger partial charge in [-0.25, -0.2) is 0 Å². The fourth-order valence-electron chi connectivity index (χ4n) is 2.36. The van der Waals surface area contributed by atoms with Crippen LogP contribution in [0.2, 0.25) is 0 Å². The Balaban J connectivity index is 2.68. The normalized spacial score (nSPS) is 10.6. The molecule has 2 aromatic rings. The first-order chi connectivity index (χ1) is 9.06. The van der Waals surface area contributed by atoms with Crippen LogP contribution in [0.3, 0.4) is 0 Å². The third-order valence-corrected chi connectivity index (χ3v) is 3.31. The summed E-state index contributed by atoms with van der Waals surface area (Å²) >= 11 is 0. The van der Waals surface area contributed by atoms with E-state index >= 15 is 0 Å². The molecule has 19 heavy (non-hydrogen) atoms. The highest BCUT2D eigenvalue weighted by molar-refractivity contribution is 5.74. The van der Waals surface area contributed by atoms with E-state index in [4.69, 9.17) is 0 Å². The summed E-state index contributed by atoms with van der Waals surface area (Å²) in [7, 11) is 0. The minimum Gasteiger partial charge on any atom is -0.508 e. The molecule has 0 saturated carbocycles. The van der Waals surface area contributed by atoms with Crippen molar-refractivity contribution in [3.63, 3.8) is 0 Å². The first kappa shape index (κ1) is 13.3. The molecular weight excluding hydrogens is 240 g/mol. The molecule has 2 aromatic carbocycles. The lowest BCUT2D eigenvalue weighted by molar-refractivity contribution is 0.404. The zero-order valence-corrected chi connectivity index (χ0v) is 11.1. The molecule has 0 aliphatic carbocycles. The van der Waals surface area contributed by atoms with Gasteiger partial charge in [0.25, 0.3) is 0 Å². The lowest BCUT2D eigenvalue weighted by atomic mass is 9.91. The highest BCUT2D eigenvalue weighted by atomic mass is 16.3. The Morgan fingerprint density at radius 3 is 1.84 bits per heavy atom. The Morgan fingerprint density at radius 2 is 1.37 bits per heavy atom. The predicted molar refractivity (Wildman–Crippen MR) is 75.6 cm³/mol. The number of phenolic OH excluding ortho intramolecular Hbond substituents is 3. The molecule has 3 heteroatoms. The van der Waals surface area contributed by atoms with Crippen molar-refractivity contribution in [2.45, 2.75) is 26.7 Å². The molecule has 100 valence electrons. The van der Waals surface area contributed by atoms with Gasteiger partial charge in [0.05, 0.1) is 0 Å². The molecule has 0 bridgehead atoms. The average Bonchev–Trinajstić information content (AvgIpc) is 2.40. The van der Waals surface area contributed by atoms with E-state index in [1.807, 2.05) is 13.8 Å². The van der Waals surface area contributed by atoms with Gasteiger partial charge < -0.3 is 15.3 Å². The van der Waals surface area contributed by atoms with Crippen molar-refractivity contribution in [2.75, 3.05) is 0 Å². The van der Waals surface area contributed by atoms with Crippen molar-refractivity contribution in [3.05, 3.63) is 41.5 Å².